The lowest BCUT2D eigenvalue weighted by atomic mass is 10.1. The molecule has 0 saturated carbocycles. The number of rotatable bonds is 4. The van der Waals surface area contributed by atoms with E-state index in [0.717, 1.165) is 17.1 Å². The van der Waals surface area contributed by atoms with E-state index in [0.29, 0.717) is 23.7 Å². The number of benzene rings is 1. The van der Waals surface area contributed by atoms with Crippen molar-refractivity contribution in [2.24, 2.45) is 5.92 Å². The Morgan fingerprint density at radius 3 is 3.00 bits per heavy atom. The van der Waals surface area contributed by atoms with Gasteiger partial charge in [-0.1, -0.05) is 18.5 Å². The van der Waals surface area contributed by atoms with Crippen LogP contribution in [0.2, 0.25) is 5.02 Å². The van der Waals surface area contributed by atoms with Crippen LogP contribution >= 0.6 is 23.4 Å². The van der Waals surface area contributed by atoms with Crippen LogP contribution in [0.5, 0.6) is 0 Å². The molecule has 0 bridgehead atoms. The molecular weight excluding hydrogens is 282 g/mol. The third kappa shape index (κ3) is 3.44. The third-order valence-corrected chi connectivity index (χ3v) is 4.49. The number of thioether (sulfide) groups is 1. The Bertz CT molecular complexity index is 467. The first-order valence-electron chi connectivity index (χ1n) is 6.48. The van der Waals surface area contributed by atoms with Crippen molar-refractivity contribution in [3.8, 4) is 0 Å². The number of amides is 1. The molecule has 1 fully saturated rings. The Morgan fingerprint density at radius 2 is 2.37 bits per heavy atom. The number of nitrogens with zero attached hydrogens (tertiary/aromatic N) is 1. The lowest BCUT2D eigenvalue weighted by Gasteiger charge is -2.18. The highest BCUT2D eigenvalue weighted by molar-refractivity contribution is 7.99. The first-order chi connectivity index (χ1) is 9.15. The van der Waals surface area contributed by atoms with Crippen LogP contribution in [0, 0.1) is 5.92 Å². The molecule has 3 nitrogen and oxygen atoms in total. The van der Waals surface area contributed by atoms with Crippen LogP contribution < -0.4 is 0 Å². The molecule has 104 valence electrons. The number of carbonyl (C=O) groups is 1. The fourth-order valence-corrected chi connectivity index (χ4v) is 3.24. The predicted molar refractivity (Wildman–Crippen MR) is 78.9 cm³/mol. The predicted octanol–water partition coefficient (Wildman–Crippen LogP) is 2.91. The number of likely N-dealkylation sites (tertiary alicyclic amines) is 1. The molecule has 5 heteroatoms. The summed E-state index contributed by atoms with van der Waals surface area (Å²) in [6, 6.07) is 5.47. The second-order valence-electron chi connectivity index (χ2n) is 4.66. The minimum atomic E-state index is 0.0226. The molecule has 1 saturated heterocycles. The first kappa shape index (κ1) is 14.7. The van der Waals surface area contributed by atoms with Crippen molar-refractivity contribution < 1.29 is 9.90 Å². The van der Waals surface area contributed by atoms with E-state index in [1.165, 1.54) is 0 Å². The Kier molecular flexibility index (Phi) is 5.13. The average molecular weight is 300 g/mol. The third-order valence-electron chi connectivity index (χ3n) is 3.30. The SMILES string of the molecule is CCSc1ccc(Cl)cc1C(=O)N1CCC(CO)C1. The second-order valence-corrected chi connectivity index (χ2v) is 6.40. The Hall–Kier alpha value is -0.710. The zero-order chi connectivity index (χ0) is 13.8. The minimum absolute atomic E-state index is 0.0226. The normalized spacial score (nSPS) is 18.9. The van der Waals surface area contributed by atoms with E-state index in [9.17, 15) is 4.79 Å². The number of hydrogen-bond acceptors (Lipinski definition) is 3. The average Bonchev–Trinajstić information content (AvgIpc) is 2.89. The highest BCUT2D eigenvalue weighted by atomic mass is 35.5. The van der Waals surface area contributed by atoms with E-state index in [2.05, 4.69) is 6.92 Å². The zero-order valence-electron chi connectivity index (χ0n) is 10.9. The maximum Gasteiger partial charge on any atom is 0.255 e. The van der Waals surface area contributed by atoms with Crippen molar-refractivity contribution in [3.05, 3.63) is 28.8 Å². The molecule has 0 spiro atoms. The van der Waals surface area contributed by atoms with Gasteiger partial charge in [-0.2, -0.15) is 0 Å². The molecule has 1 aromatic rings. The fourth-order valence-electron chi connectivity index (χ4n) is 2.29. The number of carbonyl (C=O) groups excluding carboxylic acids is 1. The fraction of sp³-hybridized carbons (Fsp3) is 0.500. The largest absolute Gasteiger partial charge is 0.396 e. The van der Waals surface area contributed by atoms with Gasteiger partial charge in [-0.05, 0) is 30.4 Å². The number of aliphatic hydroxyl groups excluding tert-OH is 1. The van der Waals surface area contributed by atoms with Gasteiger partial charge in [0, 0.05) is 35.5 Å². The van der Waals surface area contributed by atoms with Crippen LogP contribution in [0.1, 0.15) is 23.7 Å². The summed E-state index contributed by atoms with van der Waals surface area (Å²) in [6.07, 6.45) is 0.874. The Morgan fingerprint density at radius 1 is 1.58 bits per heavy atom. The van der Waals surface area contributed by atoms with Crippen LogP contribution in [0.3, 0.4) is 0 Å². The van der Waals surface area contributed by atoms with Crippen LogP contribution in [-0.4, -0.2) is 41.4 Å². The molecular formula is C14H18ClNO2S. The van der Waals surface area contributed by atoms with Gasteiger partial charge in [0.05, 0.1) is 5.56 Å². The van der Waals surface area contributed by atoms with Crippen molar-refractivity contribution in [1.29, 1.82) is 0 Å². The molecule has 2 rings (SSSR count). The summed E-state index contributed by atoms with van der Waals surface area (Å²) in [7, 11) is 0. The van der Waals surface area contributed by atoms with Crippen LogP contribution in [0.25, 0.3) is 0 Å². The molecule has 0 radical (unpaired) electrons. The van der Waals surface area contributed by atoms with Gasteiger partial charge in [0.2, 0.25) is 0 Å². The molecule has 1 amide bonds. The summed E-state index contributed by atoms with van der Waals surface area (Å²) in [5.41, 5.74) is 0.679. The summed E-state index contributed by atoms with van der Waals surface area (Å²) in [5.74, 6) is 1.15. The zero-order valence-corrected chi connectivity index (χ0v) is 12.5. The van der Waals surface area contributed by atoms with Gasteiger partial charge in [-0.25, -0.2) is 0 Å². The maximum atomic E-state index is 12.5. The summed E-state index contributed by atoms with van der Waals surface area (Å²) < 4.78 is 0. The number of hydrogen-bond donors (Lipinski definition) is 1. The molecule has 1 aliphatic heterocycles. The molecule has 0 aromatic heterocycles. The summed E-state index contributed by atoms with van der Waals surface area (Å²) in [6.45, 7) is 3.56. The topological polar surface area (TPSA) is 40.5 Å². The van der Waals surface area contributed by atoms with Crippen molar-refractivity contribution in [2.75, 3.05) is 25.4 Å². The molecule has 1 aromatic carbocycles. The van der Waals surface area contributed by atoms with Gasteiger partial charge in [-0.15, -0.1) is 11.8 Å². The Labute approximate surface area is 122 Å². The number of aliphatic hydroxyl groups is 1. The lowest BCUT2D eigenvalue weighted by Crippen LogP contribution is -2.29. The summed E-state index contributed by atoms with van der Waals surface area (Å²) in [5, 5.41) is 9.74. The number of halogens is 1. The molecule has 1 N–H and O–H groups in total. The van der Waals surface area contributed by atoms with Gasteiger partial charge < -0.3 is 10.0 Å². The van der Waals surface area contributed by atoms with Gasteiger partial charge in [0.15, 0.2) is 0 Å². The van der Waals surface area contributed by atoms with Crippen molar-refractivity contribution in [1.82, 2.24) is 4.90 Å². The van der Waals surface area contributed by atoms with Crippen molar-refractivity contribution >= 4 is 29.3 Å². The Balaban J connectivity index is 2.20. The van der Waals surface area contributed by atoms with Crippen LogP contribution in [0.15, 0.2) is 23.1 Å². The van der Waals surface area contributed by atoms with E-state index in [1.807, 2.05) is 17.0 Å². The van der Waals surface area contributed by atoms with Crippen molar-refractivity contribution in [3.63, 3.8) is 0 Å². The molecule has 19 heavy (non-hydrogen) atoms. The smallest absolute Gasteiger partial charge is 0.255 e. The molecule has 1 atom stereocenters. The molecule has 1 aliphatic rings. The summed E-state index contributed by atoms with van der Waals surface area (Å²) >= 11 is 7.65. The van der Waals surface area contributed by atoms with E-state index in [-0.39, 0.29) is 18.4 Å². The molecule has 1 heterocycles. The summed E-state index contributed by atoms with van der Waals surface area (Å²) in [4.78, 5) is 15.3. The standard InChI is InChI=1S/C14H18ClNO2S/c1-2-19-13-4-3-11(15)7-12(13)14(18)16-6-5-10(8-16)9-17/h3-4,7,10,17H,2,5-6,8-9H2,1H3. The molecule has 1 unspecified atom stereocenters. The highest BCUT2D eigenvalue weighted by Crippen LogP contribution is 2.28. The lowest BCUT2D eigenvalue weighted by molar-refractivity contribution is 0.0778. The molecule has 0 aliphatic carbocycles. The maximum absolute atomic E-state index is 12.5. The van der Waals surface area contributed by atoms with Gasteiger partial charge in [0.25, 0.3) is 5.91 Å². The van der Waals surface area contributed by atoms with E-state index < -0.39 is 0 Å². The van der Waals surface area contributed by atoms with E-state index in [1.54, 1.807) is 17.8 Å². The van der Waals surface area contributed by atoms with Gasteiger partial charge in [0.1, 0.15) is 0 Å². The van der Waals surface area contributed by atoms with Crippen molar-refractivity contribution in [2.45, 2.75) is 18.2 Å². The second kappa shape index (κ2) is 6.64. The minimum Gasteiger partial charge on any atom is -0.396 e. The first-order valence-corrected chi connectivity index (χ1v) is 7.84. The van der Waals surface area contributed by atoms with Gasteiger partial charge in [-0.3, -0.25) is 4.79 Å². The quantitative estimate of drug-likeness (QED) is 0.869. The van der Waals surface area contributed by atoms with E-state index in [4.69, 9.17) is 16.7 Å². The van der Waals surface area contributed by atoms with Crippen LogP contribution in [-0.2, 0) is 0 Å². The highest BCUT2D eigenvalue weighted by Gasteiger charge is 2.27. The monoisotopic (exact) mass is 299 g/mol. The van der Waals surface area contributed by atoms with Gasteiger partial charge >= 0.3 is 0 Å². The van der Waals surface area contributed by atoms with E-state index >= 15 is 0 Å². The van der Waals surface area contributed by atoms with Crippen LogP contribution in [0.4, 0.5) is 0 Å².